The van der Waals surface area contributed by atoms with Crippen LogP contribution in [0.2, 0.25) is 5.02 Å². The minimum Gasteiger partial charge on any atom is -0.383 e. The van der Waals surface area contributed by atoms with E-state index in [4.69, 9.17) is 16.3 Å². The van der Waals surface area contributed by atoms with Gasteiger partial charge in [-0.1, -0.05) is 17.7 Å². The average Bonchev–Trinajstić information content (AvgIpc) is 2.78. The van der Waals surface area contributed by atoms with E-state index >= 15 is 0 Å². The summed E-state index contributed by atoms with van der Waals surface area (Å²) in [5.74, 6) is -0.824. The summed E-state index contributed by atoms with van der Waals surface area (Å²) in [6.07, 6.45) is 1.44. The van der Waals surface area contributed by atoms with Crippen LogP contribution in [0.25, 0.3) is 0 Å². The Morgan fingerprint density at radius 3 is 2.89 bits per heavy atom. The molecule has 1 saturated heterocycles. The van der Waals surface area contributed by atoms with Crippen LogP contribution in [0, 0.1) is 5.82 Å². The van der Waals surface area contributed by atoms with E-state index in [0.29, 0.717) is 19.6 Å². The monoisotopic (exact) mass is 307 g/mol. The summed E-state index contributed by atoms with van der Waals surface area (Å²) in [6, 6.07) is 3.59. The maximum absolute atomic E-state index is 13.8. The van der Waals surface area contributed by atoms with Crippen LogP contribution >= 0.6 is 11.6 Å². The molecule has 1 heterocycles. The van der Waals surface area contributed by atoms with Gasteiger partial charge in [0.25, 0.3) is 0 Å². The van der Waals surface area contributed by atoms with Crippen LogP contribution in [0.4, 0.5) is 4.39 Å². The lowest BCUT2D eigenvalue weighted by Crippen LogP contribution is -2.38. The van der Waals surface area contributed by atoms with Crippen molar-refractivity contribution in [3.8, 4) is 0 Å². The van der Waals surface area contributed by atoms with E-state index < -0.39 is 20.7 Å². The minimum absolute atomic E-state index is 0.0944. The summed E-state index contributed by atoms with van der Waals surface area (Å²) in [6.45, 7) is 0.659. The third-order valence-electron chi connectivity index (χ3n) is 3.17. The van der Waals surface area contributed by atoms with Crippen molar-refractivity contribution in [3.63, 3.8) is 0 Å². The molecule has 106 valence electrons. The number of ether oxygens (including phenoxy) is 1. The number of benzene rings is 1. The van der Waals surface area contributed by atoms with Gasteiger partial charge in [0.15, 0.2) is 0 Å². The van der Waals surface area contributed by atoms with Crippen molar-refractivity contribution < 1.29 is 17.5 Å². The van der Waals surface area contributed by atoms with Crippen molar-refractivity contribution in [1.82, 2.24) is 4.31 Å². The van der Waals surface area contributed by atoms with E-state index in [-0.39, 0.29) is 11.1 Å². The minimum atomic E-state index is -3.93. The number of nitrogens with zero attached hydrogens (tertiary/aromatic N) is 1. The lowest BCUT2D eigenvalue weighted by atomic mass is 10.2. The maximum Gasteiger partial charge on any atom is 0.247 e. The van der Waals surface area contributed by atoms with Crippen molar-refractivity contribution in [1.29, 1.82) is 0 Å². The number of methoxy groups -OCH3 is 1. The molecule has 0 aromatic heterocycles. The SMILES string of the molecule is COC[C@@H]1CCCN1S(=O)(=O)c1c(F)cccc1Cl. The van der Waals surface area contributed by atoms with Crippen molar-refractivity contribution in [2.24, 2.45) is 0 Å². The molecule has 0 spiro atoms. The highest BCUT2D eigenvalue weighted by Gasteiger charge is 2.37. The summed E-state index contributed by atoms with van der Waals surface area (Å²) < 4.78 is 45.1. The van der Waals surface area contributed by atoms with E-state index in [1.54, 1.807) is 0 Å². The molecule has 0 amide bonds. The first-order valence-corrected chi connectivity index (χ1v) is 7.75. The second-order valence-electron chi connectivity index (χ2n) is 4.42. The second-order valence-corrected chi connectivity index (χ2v) is 6.65. The van der Waals surface area contributed by atoms with Crippen LogP contribution in [0.5, 0.6) is 0 Å². The highest BCUT2D eigenvalue weighted by Crippen LogP contribution is 2.31. The molecule has 7 heteroatoms. The van der Waals surface area contributed by atoms with Crippen LogP contribution in [0.1, 0.15) is 12.8 Å². The number of hydrogen-bond acceptors (Lipinski definition) is 3. The first-order chi connectivity index (χ1) is 8.98. The molecule has 0 bridgehead atoms. The molecule has 0 aliphatic carbocycles. The van der Waals surface area contributed by atoms with Gasteiger partial charge in [0.1, 0.15) is 10.7 Å². The lowest BCUT2D eigenvalue weighted by Gasteiger charge is -2.24. The van der Waals surface area contributed by atoms with Gasteiger partial charge >= 0.3 is 0 Å². The topological polar surface area (TPSA) is 46.6 Å². The molecular formula is C12H15ClFNO3S. The normalized spacial score (nSPS) is 20.9. The Bertz CT molecular complexity index is 544. The van der Waals surface area contributed by atoms with Gasteiger partial charge in [-0.25, -0.2) is 12.8 Å². The van der Waals surface area contributed by atoms with Gasteiger partial charge in [0.2, 0.25) is 10.0 Å². The Labute approximate surface area is 117 Å². The Kier molecular flexibility index (Phi) is 4.45. The third kappa shape index (κ3) is 2.76. The zero-order valence-electron chi connectivity index (χ0n) is 10.5. The van der Waals surface area contributed by atoms with Gasteiger partial charge in [-0.3, -0.25) is 0 Å². The molecule has 1 aromatic carbocycles. The fourth-order valence-corrected chi connectivity index (χ4v) is 4.58. The lowest BCUT2D eigenvalue weighted by molar-refractivity contribution is 0.149. The Balaban J connectivity index is 2.42. The third-order valence-corrected chi connectivity index (χ3v) is 5.62. The van der Waals surface area contributed by atoms with Gasteiger partial charge in [-0.05, 0) is 25.0 Å². The van der Waals surface area contributed by atoms with Gasteiger partial charge in [0.05, 0.1) is 11.6 Å². The van der Waals surface area contributed by atoms with Crippen LogP contribution in [0.15, 0.2) is 23.1 Å². The van der Waals surface area contributed by atoms with Crippen LogP contribution in [0.3, 0.4) is 0 Å². The number of rotatable bonds is 4. The molecule has 1 atom stereocenters. The van der Waals surface area contributed by atoms with Gasteiger partial charge in [-0.2, -0.15) is 4.31 Å². The number of halogens is 2. The van der Waals surface area contributed by atoms with E-state index in [9.17, 15) is 12.8 Å². The molecule has 1 aliphatic heterocycles. The molecule has 0 radical (unpaired) electrons. The molecular weight excluding hydrogens is 293 g/mol. The Morgan fingerprint density at radius 1 is 1.53 bits per heavy atom. The summed E-state index contributed by atoms with van der Waals surface area (Å²) in [5.41, 5.74) is 0. The molecule has 1 aliphatic rings. The smallest absolute Gasteiger partial charge is 0.247 e. The zero-order chi connectivity index (χ0) is 14.0. The predicted molar refractivity (Wildman–Crippen MR) is 70.2 cm³/mol. The van der Waals surface area contributed by atoms with Crippen LogP contribution in [-0.4, -0.2) is 39.0 Å². The van der Waals surface area contributed by atoms with Gasteiger partial charge in [0, 0.05) is 19.7 Å². The van der Waals surface area contributed by atoms with Crippen molar-refractivity contribution >= 4 is 21.6 Å². The quantitative estimate of drug-likeness (QED) is 0.857. The molecule has 0 unspecified atom stereocenters. The Morgan fingerprint density at radius 2 is 2.26 bits per heavy atom. The molecule has 1 aromatic rings. The van der Waals surface area contributed by atoms with Crippen molar-refractivity contribution in [3.05, 3.63) is 29.0 Å². The molecule has 4 nitrogen and oxygen atoms in total. The summed E-state index contributed by atoms with van der Waals surface area (Å²) >= 11 is 5.84. The Hall–Kier alpha value is -0.690. The summed E-state index contributed by atoms with van der Waals surface area (Å²) in [5, 5.41) is -0.0944. The predicted octanol–water partition coefficient (Wildman–Crippen LogP) is 2.28. The maximum atomic E-state index is 13.8. The van der Waals surface area contributed by atoms with E-state index in [2.05, 4.69) is 0 Å². The average molecular weight is 308 g/mol. The fraction of sp³-hybridized carbons (Fsp3) is 0.500. The molecule has 0 N–H and O–H groups in total. The van der Waals surface area contributed by atoms with E-state index in [0.717, 1.165) is 12.5 Å². The standard InChI is InChI=1S/C12H15ClFNO3S/c1-18-8-9-4-3-7-15(9)19(16,17)12-10(13)5-2-6-11(12)14/h2,5-6,9H,3-4,7-8H2,1H3/t9-/m0/s1. The summed E-state index contributed by atoms with van der Waals surface area (Å²) in [7, 11) is -2.41. The van der Waals surface area contributed by atoms with Crippen molar-refractivity contribution in [2.45, 2.75) is 23.8 Å². The first-order valence-electron chi connectivity index (χ1n) is 5.93. The first kappa shape index (κ1) is 14.7. The van der Waals surface area contributed by atoms with Gasteiger partial charge in [-0.15, -0.1) is 0 Å². The number of sulfonamides is 1. The molecule has 2 rings (SSSR count). The highest BCUT2D eigenvalue weighted by atomic mass is 35.5. The van der Waals surface area contributed by atoms with Crippen molar-refractivity contribution in [2.75, 3.05) is 20.3 Å². The highest BCUT2D eigenvalue weighted by molar-refractivity contribution is 7.89. The fourth-order valence-electron chi connectivity index (χ4n) is 2.33. The van der Waals surface area contributed by atoms with Crippen LogP contribution < -0.4 is 0 Å². The molecule has 19 heavy (non-hydrogen) atoms. The molecule has 1 fully saturated rings. The largest absolute Gasteiger partial charge is 0.383 e. The summed E-state index contributed by atoms with van der Waals surface area (Å²) in [4.78, 5) is -0.445. The molecule has 0 saturated carbocycles. The second kappa shape index (κ2) is 5.75. The van der Waals surface area contributed by atoms with Gasteiger partial charge < -0.3 is 4.74 Å². The zero-order valence-corrected chi connectivity index (χ0v) is 12.0. The van der Waals surface area contributed by atoms with E-state index in [1.165, 1.54) is 23.5 Å². The number of hydrogen-bond donors (Lipinski definition) is 0. The van der Waals surface area contributed by atoms with E-state index in [1.807, 2.05) is 0 Å². The van der Waals surface area contributed by atoms with Crippen LogP contribution in [-0.2, 0) is 14.8 Å².